The molecular weight excluding hydrogens is 588 g/mol. The van der Waals surface area contributed by atoms with Crippen LogP contribution in [0.25, 0.3) is 5.69 Å². The molecule has 0 saturated heterocycles. The van der Waals surface area contributed by atoms with Crippen LogP contribution in [0.1, 0.15) is 130 Å². The van der Waals surface area contributed by atoms with Crippen molar-refractivity contribution in [1.82, 2.24) is 25.7 Å². The molecule has 1 saturated carbocycles. The van der Waals surface area contributed by atoms with E-state index in [-0.39, 0.29) is 30.1 Å². The standard InChI is InChI=1S/C38H54N6O3/c1-2-3-4-5-6-7-8-15-26-40-38(47)34(25-22-29-16-11-9-12-17-29)43-36(45)31-23-20-30(21-24-31)27-41-37(46)33-28-42-44(35(33)39)32-18-13-10-14-19-32/h10,13-14,18-21,23-24,28-29,34H,2-9,11-12,15-17,22,25-27,39H2,1H3,(H,40,47)(H,41,46)(H,43,45)/t34-/m0/s1. The van der Waals surface area contributed by atoms with Crippen molar-refractivity contribution in [1.29, 1.82) is 0 Å². The second kappa shape index (κ2) is 19.5. The van der Waals surface area contributed by atoms with E-state index < -0.39 is 6.04 Å². The Balaban J connectivity index is 1.26. The maximum atomic E-state index is 13.3. The lowest BCUT2D eigenvalue weighted by molar-refractivity contribution is -0.123. The quantitative estimate of drug-likeness (QED) is 0.104. The van der Waals surface area contributed by atoms with E-state index in [1.54, 1.807) is 12.1 Å². The molecule has 9 heteroatoms. The monoisotopic (exact) mass is 642 g/mol. The Morgan fingerprint density at radius 3 is 2.23 bits per heavy atom. The Hall–Kier alpha value is -4.14. The molecule has 5 N–H and O–H groups in total. The van der Waals surface area contributed by atoms with Gasteiger partial charge in [-0.05, 0) is 55.0 Å². The number of unbranched alkanes of at least 4 members (excludes halogenated alkanes) is 7. The number of anilines is 1. The van der Waals surface area contributed by atoms with Crippen LogP contribution in [0, 0.1) is 5.92 Å². The van der Waals surface area contributed by atoms with Crippen LogP contribution in [0.4, 0.5) is 5.82 Å². The van der Waals surface area contributed by atoms with E-state index in [1.807, 2.05) is 42.5 Å². The number of hydrogen-bond donors (Lipinski definition) is 4. The number of aromatic nitrogens is 2. The predicted molar refractivity (Wildman–Crippen MR) is 188 cm³/mol. The molecule has 1 aliphatic carbocycles. The van der Waals surface area contributed by atoms with E-state index in [1.165, 1.54) is 81.5 Å². The Labute approximate surface area is 280 Å². The average molecular weight is 643 g/mol. The number of nitrogens with two attached hydrogens (primary N) is 1. The Kier molecular flexibility index (Phi) is 14.8. The number of carbonyl (C=O) groups excluding carboxylic acids is 3. The van der Waals surface area contributed by atoms with Crippen molar-refractivity contribution in [2.75, 3.05) is 12.3 Å². The van der Waals surface area contributed by atoms with Crippen LogP contribution in [0.5, 0.6) is 0 Å². The average Bonchev–Trinajstić information content (AvgIpc) is 3.50. The van der Waals surface area contributed by atoms with Gasteiger partial charge in [0.2, 0.25) is 5.91 Å². The van der Waals surface area contributed by atoms with Crippen molar-refractivity contribution in [3.8, 4) is 5.69 Å². The van der Waals surface area contributed by atoms with Gasteiger partial charge in [0.25, 0.3) is 11.8 Å². The van der Waals surface area contributed by atoms with Crippen molar-refractivity contribution in [3.63, 3.8) is 0 Å². The van der Waals surface area contributed by atoms with Crippen LogP contribution < -0.4 is 21.7 Å². The first-order valence-electron chi connectivity index (χ1n) is 17.8. The summed E-state index contributed by atoms with van der Waals surface area (Å²) in [6.45, 7) is 3.14. The second-order valence-corrected chi connectivity index (χ2v) is 12.9. The molecule has 0 radical (unpaired) electrons. The van der Waals surface area contributed by atoms with E-state index in [9.17, 15) is 14.4 Å². The first-order chi connectivity index (χ1) is 23.0. The first kappa shape index (κ1) is 35.7. The molecule has 1 atom stereocenters. The minimum Gasteiger partial charge on any atom is -0.383 e. The minimum atomic E-state index is -0.556. The highest BCUT2D eigenvalue weighted by Gasteiger charge is 2.24. The fraction of sp³-hybridized carbons (Fsp3) is 0.526. The van der Waals surface area contributed by atoms with E-state index in [0.717, 1.165) is 30.5 Å². The summed E-state index contributed by atoms with van der Waals surface area (Å²) in [4.78, 5) is 39.4. The number of hydrogen-bond acceptors (Lipinski definition) is 5. The molecule has 1 fully saturated rings. The van der Waals surface area contributed by atoms with Gasteiger partial charge in [-0.3, -0.25) is 14.4 Å². The van der Waals surface area contributed by atoms with Gasteiger partial charge in [0.15, 0.2) is 0 Å². The summed E-state index contributed by atoms with van der Waals surface area (Å²) in [7, 11) is 0. The minimum absolute atomic E-state index is 0.0914. The highest BCUT2D eigenvalue weighted by atomic mass is 16.2. The summed E-state index contributed by atoms with van der Waals surface area (Å²) >= 11 is 0. The van der Waals surface area contributed by atoms with Crippen molar-refractivity contribution >= 4 is 23.5 Å². The molecule has 254 valence electrons. The molecule has 3 amide bonds. The summed E-state index contributed by atoms with van der Waals surface area (Å²) in [5, 5.41) is 13.3. The Morgan fingerprint density at radius 2 is 1.53 bits per heavy atom. The molecule has 47 heavy (non-hydrogen) atoms. The number of nitrogen functional groups attached to an aromatic ring is 1. The first-order valence-corrected chi connectivity index (χ1v) is 17.8. The van der Waals surface area contributed by atoms with E-state index in [0.29, 0.717) is 30.0 Å². The third kappa shape index (κ3) is 11.6. The summed E-state index contributed by atoms with van der Waals surface area (Å²) in [6, 6.07) is 15.9. The molecule has 1 aromatic heterocycles. The zero-order valence-corrected chi connectivity index (χ0v) is 28.1. The van der Waals surface area contributed by atoms with Gasteiger partial charge >= 0.3 is 0 Å². The van der Waals surface area contributed by atoms with Gasteiger partial charge in [0.1, 0.15) is 17.4 Å². The van der Waals surface area contributed by atoms with Gasteiger partial charge in [-0.15, -0.1) is 0 Å². The molecule has 2 aromatic carbocycles. The van der Waals surface area contributed by atoms with Crippen LogP contribution in [-0.4, -0.2) is 40.1 Å². The van der Waals surface area contributed by atoms with Crippen LogP contribution in [-0.2, 0) is 11.3 Å². The lowest BCUT2D eigenvalue weighted by Gasteiger charge is -2.24. The number of benzene rings is 2. The third-order valence-corrected chi connectivity index (χ3v) is 9.26. The van der Waals surface area contributed by atoms with Crippen LogP contribution >= 0.6 is 0 Å². The van der Waals surface area contributed by atoms with Gasteiger partial charge in [-0.25, -0.2) is 4.68 Å². The zero-order valence-electron chi connectivity index (χ0n) is 28.1. The largest absolute Gasteiger partial charge is 0.383 e. The molecule has 0 bridgehead atoms. The zero-order chi connectivity index (χ0) is 33.3. The lowest BCUT2D eigenvalue weighted by atomic mass is 9.85. The molecule has 4 rings (SSSR count). The summed E-state index contributed by atoms with van der Waals surface area (Å²) in [5.41, 5.74) is 8.60. The molecule has 9 nitrogen and oxygen atoms in total. The summed E-state index contributed by atoms with van der Waals surface area (Å²) < 4.78 is 1.53. The van der Waals surface area contributed by atoms with Gasteiger partial charge in [-0.1, -0.05) is 114 Å². The van der Waals surface area contributed by atoms with Crippen LogP contribution in [0.2, 0.25) is 0 Å². The van der Waals surface area contributed by atoms with Crippen LogP contribution in [0.3, 0.4) is 0 Å². The van der Waals surface area contributed by atoms with Crippen LogP contribution in [0.15, 0.2) is 60.8 Å². The number of carbonyl (C=O) groups is 3. The van der Waals surface area contributed by atoms with E-state index in [4.69, 9.17) is 5.73 Å². The normalized spacial score (nSPS) is 14.0. The summed E-state index contributed by atoms with van der Waals surface area (Å²) in [5.74, 6) is 0.205. The fourth-order valence-electron chi connectivity index (χ4n) is 6.34. The Bertz CT molecular complexity index is 1380. The van der Waals surface area contributed by atoms with Crippen molar-refractivity contribution in [2.24, 2.45) is 5.92 Å². The molecule has 0 unspecified atom stereocenters. The predicted octanol–water partition coefficient (Wildman–Crippen LogP) is 7.10. The second-order valence-electron chi connectivity index (χ2n) is 12.9. The summed E-state index contributed by atoms with van der Waals surface area (Å²) in [6.07, 6.45) is 19.0. The topological polar surface area (TPSA) is 131 Å². The maximum Gasteiger partial charge on any atom is 0.256 e. The molecule has 1 heterocycles. The van der Waals surface area contributed by atoms with Gasteiger partial charge < -0.3 is 21.7 Å². The van der Waals surface area contributed by atoms with E-state index >= 15 is 0 Å². The van der Waals surface area contributed by atoms with Crippen molar-refractivity contribution in [2.45, 2.75) is 116 Å². The highest BCUT2D eigenvalue weighted by molar-refractivity contribution is 5.99. The Morgan fingerprint density at radius 1 is 0.851 bits per heavy atom. The van der Waals surface area contributed by atoms with Gasteiger partial charge in [-0.2, -0.15) is 5.10 Å². The highest BCUT2D eigenvalue weighted by Crippen LogP contribution is 2.28. The number of rotatable bonds is 19. The number of nitrogens with zero attached hydrogens (tertiary/aromatic N) is 2. The molecular formula is C38H54N6O3. The van der Waals surface area contributed by atoms with E-state index in [2.05, 4.69) is 28.0 Å². The molecule has 1 aliphatic rings. The molecule has 0 aliphatic heterocycles. The van der Waals surface area contributed by atoms with Crippen molar-refractivity contribution in [3.05, 3.63) is 77.5 Å². The fourth-order valence-corrected chi connectivity index (χ4v) is 6.34. The SMILES string of the molecule is CCCCCCCCCCNC(=O)[C@H](CCC1CCCCC1)NC(=O)c1ccc(CNC(=O)c2cnn(-c3ccccc3)c2N)cc1. The lowest BCUT2D eigenvalue weighted by Crippen LogP contribution is -2.47. The molecule has 3 aromatic rings. The number of para-hydroxylation sites is 1. The molecule has 0 spiro atoms. The number of nitrogens with one attached hydrogen (secondary N) is 3. The van der Waals surface area contributed by atoms with Gasteiger partial charge in [0, 0.05) is 18.7 Å². The smallest absolute Gasteiger partial charge is 0.256 e. The third-order valence-electron chi connectivity index (χ3n) is 9.26. The van der Waals surface area contributed by atoms with Gasteiger partial charge in [0.05, 0.1) is 11.9 Å². The van der Waals surface area contributed by atoms with Crippen molar-refractivity contribution < 1.29 is 14.4 Å². The number of amides is 3. The maximum absolute atomic E-state index is 13.3.